The molecule has 4 fully saturated rings. The highest BCUT2D eigenvalue weighted by Gasteiger charge is 2.94. The van der Waals surface area contributed by atoms with Crippen LogP contribution in [-0.4, -0.2) is 77.5 Å². The maximum Gasteiger partial charge on any atom is 0.339 e. The summed E-state index contributed by atoms with van der Waals surface area (Å²) in [6.45, 7) is 12.1. The fourth-order valence-corrected chi connectivity index (χ4v) is 11.1. The van der Waals surface area contributed by atoms with Crippen LogP contribution in [0.15, 0.2) is 45.8 Å². The van der Waals surface area contributed by atoms with Crippen LogP contribution in [0.2, 0.25) is 0 Å². The van der Waals surface area contributed by atoms with E-state index in [1.54, 1.807) is 19.9 Å². The number of carbonyl (C=O) groups is 6. The first-order valence-corrected chi connectivity index (χ1v) is 17.4. The zero-order chi connectivity index (χ0) is 38.3. The minimum atomic E-state index is -2.28. The van der Waals surface area contributed by atoms with Crippen LogP contribution in [0.4, 0.5) is 0 Å². The van der Waals surface area contributed by atoms with E-state index in [9.17, 15) is 33.9 Å². The van der Waals surface area contributed by atoms with Gasteiger partial charge in [-0.3, -0.25) is 19.2 Å². The van der Waals surface area contributed by atoms with E-state index in [-0.39, 0.29) is 29.6 Å². The van der Waals surface area contributed by atoms with Gasteiger partial charge in [-0.25, -0.2) is 9.59 Å². The number of carbonyl (C=O) groups excluding carboxylic acids is 6. The lowest BCUT2D eigenvalue weighted by atomic mass is 9.40. The quantitative estimate of drug-likeness (QED) is 0.175. The molecule has 1 aliphatic heterocycles. The number of esters is 6. The van der Waals surface area contributed by atoms with Gasteiger partial charge < -0.3 is 37.9 Å². The number of fused-ring (bicyclic) bond motifs is 4. The molecule has 14 heteroatoms. The number of hydrogen-bond acceptors (Lipinski definition) is 14. The van der Waals surface area contributed by atoms with Crippen LogP contribution >= 0.6 is 0 Å². The van der Waals surface area contributed by atoms with Crippen molar-refractivity contribution in [3.05, 3.63) is 47.0 Å². The predicted octanol–water partition coefficient (Wildman–Crippen LogP) is 3.99. The molecule has 4 aliphatic carbocycles. The van der Waals surface area contributed by atoms with E-state index in [0.717, 1.165) is 13.8 Å². The zero-order valence-corrected chi connectivity index (χ0v) is 30.9. The normalized spacial score (nSPS) is 40.2. The van der Waals surface area contributed by atoms with Crippen LogP contribution in [0.1, 0.15) is 92.7 Å². The highest BCUT2D eigenvalue weighted by Crippen LogP contribution is 2.82. The van der Waals surface area contributed by atoms with E-state index in [1.165, 1.54) is 39.6 Å². The molecule has 52 heavy (non-hydrogen) atoms. The second-order valence-electron chi connectivity index (χ2n) is 15.5. The van der Waals surface area contributed by atoms with Gasteiger partial charge in [0.25, 0.3) is 0 Å². The third kappa shape index (κ3) is 4.71. The molecule has 6 rings (SSSR count). The molecule has 0 aromatic carbocycles. The maximum atomic E-state index is 13.8. The van der Waals surface area contributed by atoms with E-state index in [0.29, 0.717) is 18.4 Å². The summed E-state index contributed by atoms with van der Waals surface area (Å²) in [4.78, 5) is 81.1. The van der Waals surface area contributed by atoms with Gasteiger partial charge >= 0.3 is 35.8 Å². The van der Waals surface area contributed by atoms with Crippen molar-refractivity contribution in [1.82, 2.24) is 0 Å². The first-order valence-electron chi connectivity index (χ1n) is 17.4. The van der Waals surface area contributed by atoms with Crippen molar-refractivity contribution in [2.75, 3.05) is 7.11 Å². The molecule has 0 spiro atoms. The summed E-state index contributed by atoms with van der Waals surface area (Å²) in [6.07, 6.45) is -1.25. The van der Waals surface area contributed by atoms with Gasteiger partial charge in [0.05, 0.1) is 19.6 Å². The van der Waals surface area contributed by atoms with E-state index >= 15 is 0 Å². The van der Waals surface area contributed by atoms with Crippen LogP contribution in [0.5, 0.6) is 0 Å². The third-order valence-electron chi connectivity index (χ3n) is 12.9. The molecular formula is C38H46O14. The van der Waals surface area contributed by atoms with E-state index in [1.807, 2.05) is 13.8 Å². The van der Waals surface area contributed by atoms with Crippen LogP contribution in [0.25, 0.3) is 0 Å². The zero-order valence-electron chi connectivity index (χ0n) is 30.9. The van der Waals surface area contributed by atoms with Crippen LogP contribution in [-0.2, 0) is 57.2 Å². The number of aliphatic hydroxyl groups excluding tert-OH is 1. The first kappa shape index (κ1) is 37.3. The number of furan rings is 1. The van der Waals surface area contributed by atoms with Crippen molar-refractivity contribution in [3.8, 4) is 0 Å². The smallest absolute Gasteiger partial charge is 0.339 e. The third-order valence-corrected chi connectivity index (χ3v) is 12.9. The fraction of sp³-hybridized carbons (Fsp3) is 0.632. The lowest BCUT2D eigenvalue weighted by Crippen LogP contribution is -2.82. The Morgan fingerprint density at radius 2 is 1.67 bits per heavy atom. The van der Waals surface area contributed by atoms with Crippen molar-refractivity contribution >= 4 is 35.8 Å². The van der Waals surface area contributed by atoms with Gasteiger partial charge in [-0.2, -0.15) is 0 Å². The van der Waals surface area contributed by atoms with Gasteiger partial charge in [0.15, 0.2) is 23.9 Å². The highest BCUT2D eigenvalue weighted by atomic mass is 16.7. The van der Waals surface area contributed by atoms with Crippen LogP contribution in [0.3, 0.4) is 0 Å². The Bertz CT molecular complexity index is 1790. The first-order chi connectivity index (χ1) is 24.3. The van der Waals surface area contributed by atoms with E-state index < -0.39 is 99.5 Å². The van der Waals surface area contributed by atoms with Crippen LogP contribution in [0, 0.1) is 28.1 Å². The number of aliphatic hydroxyl groups is 1. The average Bonchev–Trinajstić information content (AvgIpc) is 3.72. The summed E-state index contributed by atoms with van der Waals surface area (Å²) in [6, 6.07) is 1.65. The topological polar surface area (TPSA) is 191 Å². The molecular weight excluding hydrogens is 680 g/mol. The van der Waals surface area contributed by atoms with Gasteiger partial charge in [-0.05, 0) is 55.7 Å². The summed E-state index contributed by atoms with van der Waals surface area (Å²) in [5.41, 5.74) is -6.76. The SMILES string of the molecule is C/C=C(\C)C(=O)O[C@H]1[C@@]2(C)C[C@@]3(OC(C)=O)[C@](C)([C@H]4CC[C@]5(C)C(=C4[C@H](OC(C)=O)[C@@]13OC(C)=O)[C@@H](O)C(=O)O[C@H]5c1ccoc1)[C@H]2CC(=O)OC. The lowest BCUT2D eigenvalue weighted by molar-refractivity contribution is -0.322. The minimum Gasteiger partial charge on any atom is -0.472 e. The number of ether oxygens (including phenoxy) is 6. The Labute approximate surface area is 301 Å². The predicted molar refractivity (Wildman–Crippen MR) is 176 cm³/mol. The summed E-state index contributed by atoms with van der Waals surface area (Å²) in [7, 11) is 1.25. The maximum absolute atomic E-state index is 13.8. The molecule has 5 aliphatic rings. The Hall–Kier alpha value is -4.46. The molecule has 282 valence electrons. The van der Waals surface area contributed by atoms with E-state index in [2.05, 4.69) is 0 Å². The molecule has 11 atom stereocenters. The van der Waals surface area contributed by atoms with Gasteiger partial charge in [-0.1, -0.05) is 26.8 Å². The number of rotatable bonds is 8. The van der Waals surface area contributed by atoms with Crippen molar-refractivity contribution in [2.45, 2.75) is 117 Å². The molecule has 0 amide bonds. The second-order valence-corrected chi connectivity index (χ2v) is 15.5. The van der Waals surface area contributed by atoms with Crippen LogP contribution < -0.4 is 0 Å². The molecule has 1 aromatic rings. The number of cyclic esters (lactones) is 1. The van der Waals surface area contributed by atoms with Crippen molar-refractivity contribution < 1.29 is 66.7 Å². The second kappa shape index (κ2) is 12.3. The van der Waals surface area contributed by atoms with Gasteiger partial charge in [0.1, 0.15) is 6.10 Å². The molecule has 2 heterocycles. The Balaban J connectivity index is 1.79. The molecule has 2 bridgehead atoms. The average molecular weight is 727 g/mol. The monoisotopic (exact) mass is 726 g/mol. The largest absolute Gasteiger partial charge is 0.472 e. The van der Waals surface area contributed by atoms with Crippen molar-refractivity contribution in [3.63, 3.8) is 0 Å². The number of methoxy groups -OCH3 is 1. The van der Waals surface area contributed by atoms with Gasteiger partial charge in [-0.15, -0.1) is 0 Å². The summed E-state index contributed by atoms with van der Waals surface area (Å²) in [5, 5.41) is 11.9. The molecule has 14 nitrogen and oxygen atoms in total. The molecule has 1 saturated heterocycles. The number of hydrogen-bond donors (Lipinski definition) is 1. The van der Waals surface area contributed by atoms with E-state index in [4.69, 9.17) is 32.8 Å². The van der Waals surface area contributed by atoms with Crippen molar-refractivity contribution in [1.29, 1.82) is 0 Å². The fourth-order valence-electron chi connectivity index (χ4n) is 11.1. The molecule has 1 N–H and O–H groups in total. The Kier molecular flexibility index (Phi) is 8.83. The summed E-state index contributed by atoms with van der Waals surface area (Å²) >= 11 is 0. The summed E-state index contributed by atoms with van der Waals surface area (Å²) in [5.74, 6) is -6.36. The molecule has 3 saturated carbocycles. The number of allylic oxidation sites excluding steroid dienone is 1. The molecule has 0 radical (unpaired) electrons. The Morgan fingerprint density at radius 3 is 2.23 bits per heavy atom. The van der Waals surface area contributed by atoms with Crippen molar-refractivity contribution in [2.24, 2.45) is 28.1 Å². The Morgan fingerprint density at radius 1 is 1.00 bits per heavy atom. The minimum absolute atomic E-state index is 0.0752. The standard InChI is InChI=1S/C38H46O14/c1-10-18(2)31(44)50-33-35(7)17-37(51-20(4)40)36(8,24(35)15-25(42)46-9)23-11-13-34(6)27(28(43)32(45)49-29(34)22-12-14-47-16-22)26(23)30(48-19(3)39)38(33,37)52-21(5)41/h10,12,14,16,23-24,28-30,33,43H,11,13,15,17H2,1-9H3/b18-10+/t23-,24-,28+,29-,30-,33-,34+,35-,36+,37+,38+/m0/s1. The lowest BCUT2D eigenvalue weighted by Gasteiger charge is -2.69. The summed E-state index contributed by atoms with van der Waals surface area (Å²) < 4.78 is 41.9. The molecule has 0 unspecified atom stereocenters. The molecule has 1 aromatic heterocycles. The van der Waals surface area contributed by atoms with Gasteiger partial charge in [0, 0.05) is 61.0 Å². The van der Waals surface area contributed by atoms with Gasteiger partial charge in [0.2, 0.25) is 5.60 Å². The highest BCUT2D eigenvalue weighted by molar-refractivity contribution is 5.88.